The Morgan fingerprint density at radius 2 is 2.21 bits per heavy atom. The summed E-state index contributed by atoms with van der Waals surface area (Å²) in [7, 11) is 0. The van der Waals surface area contributed by atoms with Crippen LogP contribution in [0.3, 0.4) is 0 Å². The van der Waals surface area contributed by atoms with Crippen LogP contribution in [-0.4, -0.2) is 4.98 Å². The van der Waals surface area contributed by atoms with Crippen LogP contribution in [0.2, 0.25) is 0 Å². The van der Waals surface area contributed by atoms with Crippen molar-refractivity contribution in [2.24, 2.45) is 0 Å². The zero-order valence-corrected chi connectivity index (χ0v) is 7.75. The second-order valence-electron chi connectivity index (χ2n) is 3.03. The van der Waals surface area contributed by atoms with Crippen LogP contribution < -0.4 is 0 Å². The highest BCUT2D eigenvalue weighted by atomic mass is 19.1. The van der Waals surface area contributed by atoms with Gasteiger partial charge in [0.25, 0.3) is 0 Å². The fraction of sp³-hybridized carbons (Fsp3) is 0.0909. The Morgan fingerprint density at radius 3 is 2.79 bits per heavy atom. The molecule has 0 saturated carbocycles. The Morgan fingerprint density at radius 1 is 1.43 bits per heavy atom. The van der Waals surface area contributed by atoms with Crippen molar-refractivity contribution in [1.29, 1.82) is 0 Å². The first-order chi connectivity index (χ1) is 6.66. The van der Waals surface area contributed by atoms with Gasteiger partial charge in [-0.1, -0.05) is 6.07 Å². The summed E-state index contributed by atoms with van der Waals surface area (Å²) in [6, 6.07) is 6.12. The number of benzene rings is 1. The third-order valence-electron chi connectivity index (χ3n) is 1.96. The summed E-state index contributed by atoms with van der Waals surface area (Å²) in [5.74, 6) is 0.764. The maximum absolute atomic E-state index is 12.9. The van der Waals surface area contributed by atoms with E-state index in [4.69, 9.17) is 4.42 Å². The van der Waals surface area contributed by atoms with Crippen LogP contribution in [-0.2, 0) is 0 Å². The second kappa shape index (κ2) is 3.25. The molecule has 0 unspecified atom stereocenters. The van der Waals surface area contributed by atoms with Gasteiger partial charge in [-0.2, -0.15) is 0 Å². The van der Waals surface area contributed by atoms with Gasteiger partial charge in [-0.25, -0.2) is 9.37 Å². The number of rotatable bonds is 1. The molecule has 0 N–H and O–H groups in total. The topological polar surface area (TPSA) is 26.0 Å². The number of halogens is 1. The predicted molar refractivity (Wildman–Crippen MR) is 51.1 cm³/mol. The molecule has 2 aromatic rings. The molecule has 0 fully saturated rings. The van der Waals surface area contributed by atoms with Crippen molar-refractivity contribution in [2.75, 3.05) is 0 Å². The SMILES string of the molecule is [CH2]c1nc(-c2cccc(F)c2)oc1C. The monoisotopic (exact) mass is 190 g/mol. The van der Waals surface area contributed by atoms with Crippen molar-refractivity contribution in [3.05, 3.63) is 48.5 Å². The minimum Gasteiger partial charge on any atom is -0.441 e. The van der Waals surface area contributed by atoms with Crippen molar-refractivity contribution < 1.29 is 8.81 Å². The van der Waals surface area contributed by atoms with Crippen LogP contribution >= 0.6 is 0 Å². The minimum atomic E-state index is -0.302. The molecule has 0 spiro atoms. The maximum Gasteiger partial charge on any atom is 0.226 e. The molecule has 0 bridgehead atoms. The van der Waals surface area contributed by atoms with Gasteiger partial charge < -0.3 is 4.42 Å². The van der Waals surface area contributed by atoms with Gasteiger partial charge in [0.2, 0.25) is 5.89 Å². The molecule has 0 aliphatic carbocycles. The molecule has 2 nitrogen and oxygen atoms in total. The van der Waals surface area contributed by atoms with E-state index in [2.05, 4.69) is 11.9 Å². The van der Waals surface area contributed by atoms with E-state index in [-0.39, 0.29) is 5.82 Å². The van der Waals surface area contributed by atoms with Gasteiger partial charge in [-0.3, -0.25) is 0 Å². The Labute approximate surface area is 81.4 Å². The Kier molecular flexibility index (Phi) is 2.08. The number of hydrogen-bond donors (Lipinski definition) is 0. The number of nitrogens with zero attached hydrogens (tertiary/aromatic N) is 1. The molecule has 1 heterocycles. The van der Waals surface area contributed by atoms with Crippen molar-refractivity contribution in [1.82, 2.24) is 4.98 Å². The lowest BCUT2D eigenvalue weighted by molar-refractivity contribution is 0.540. The fourth-order valence-corrected chi connectivity index (χ4v) is 1.17. The molecular weight excluding hydrogens is 181 g/mol. The Hall–Kier alpha value is -1.64. The van der Waals surface area contributed by atoms with E-state index < -0.39 is 0 Å². The lowest BCUT2D eigenvalue weighted by Gasteiger charge is -1.94. The van der Waals surface area contributed by atoms with Gasteiger partial charge in [-0.15, -0.1) is 0 Å². The molecule has 2 rings (SSSR count). The summed E-state index contributed by atoms with van der Waals surface area (Å²) in [6.45, 7) is 5.47. The van der Waals surface area contributed by atoms with Crippen LogP contribution in [0.1, 0.15) is 11.5 Å². The van der Waals surface area contributed by atoms with Crippen molar-refractivity contribution in [3.8, 4) is 11.5 Å². The van der Waals surface area contributed by atoms with E-state index in [1.807, 2.05) is 0 Å². The van der Waals surface area contributed by atoms with E-state index in [9.17, 15) is 4.39 Å². The van der Waals surface area contributed by atoms with Gasteiger partial charge in [0.05, 0.1) is 5.69 Å². The van der Waals surface area contributed by atoms with Gasteiger partial charge in [-0.05, 0) is 32.0 Å². The first kappa shape index (κ1) is 8.94. The van der Waals surface area contributed by atoms with E-state index in [0.717, 1.165) is 0 Å². The average molecular weight is 190 g/mol. The fourth-order valence-electron chi connectivity index (χ4n) is 1.17. The van der Waals surface area contributed by atoms with Crippen molar-refractivity contribution >= 4 is 0 Å². The maximum atomic E-state index is 12.9. The largest absolute Gasteiger partial charge is 0.441 e. The molecule has 3 heteroatoms. The minimum absolute atomic E-state index is 0.302. The molecule has 0 aliphatic rings. The van der Waals surface area contributed by atoms with Crippen molar-refractivity contribution in [2.45, 2.75) is 6.92 Å². The summed E-state index contributed by atoms with van der Waals surface area (Å²) < 4.78 is 18.2. The van der Waals surface area contributed by atoms with Crippen LogP contribution in [0.15, 0.2) is 28.7 Å². The van der Waals surface area contributed by atoms with Crippen LogP contribution in [0.5, 0.6) is 0 Å². The number of aromatic nitrogens is 1. The van der Waals surface area contributed by atoms with Gasteiger partial charge in [0, 0.05) is 5.56 Å². The van der Waals surface area contributed by atoms with E-state index in [0.29, 0.717) is 22.9 Å². The number of oxazole rings is 1. The third-order valence-corrected chi connectivity index (χ3v) is 1.96. The highest BCUT2D eigenvalue weighted by Gasteiger charge is 2.08. The highest BCUT2D eigenvalue weighted by Crippen LogP contribution is 2.21. The quantitative estimate of drug-likeness (QED) is 0.690. The standard InChI is InChI=1S/C11H9FNO/c1-7-8(2)14-11(13-7)9-4-3-5-10(12)6-9/h3-6H,1H2,2H3. The van der Waals surface area contributed by atoms with Crippen LogP contribution in [0.25, 0.3) is 11.5 Å². The second-order valence-corrected chi connectivity index (χ2v) is 3.03. The van der Waals surface area contributed by atoms with Gasteiger partial charge in [0.1, 0.15) is 11.6 Å². The first-order valence-corrected chi connectivity index (χ1v) is 4.22. The number of aryl methyl sites for hydroxylation is 1. The summed E-state index contributed by atoms with van der Waals surface area (Å²) >= 11 is 0. The highest BCUT2D eigenvalue weighted by molar-refractivity contribution is 5.53. The molecular formula is C11H9FNO. The van der Waals surface area contributed by atoms with Crippen LogP contribution in [0.4, 0.5) is 4.39 Å². The summed E-state index contributed by atoms with van der Waals surface area (Å²) in [6.07, 6.45) is 0. The summed E-state index contributed by atoms with van der Waals surface area (Å²) in [4.78, 5) is 4.08. The molecule has 0 aliphatic heterocycles. The van der Waals surface area contributed by atoms with E-state index in [1.165, 1.54) is 12.1 Å². The molecule has 1 aromatic heterocycles. The lowest BCUT2D eigenvalue weighted by Crippen LogP contribution is -1.79. The van der Waals surface area contributed by atoms with E-state index >= 15 is 0 Å². The van der Waals surface area contributed by atoms with Crippen molar-refractivity contribution in [3.63, 3.8) is 0 Å². The molecule has 71 valence electrons. The normalized spacial score (nSPS) is 10.5. The molecule has 1 aromatic carbocycles. The molecule has 0 saturated heterocycles. The smallest absolute Gasteiger partial charge is 0.226 e. The molecule has 0 amide bonds. The average Bonchev–Trinajstić information content (AvgIpc) is 2.47. The van der Waals surface area contributed by atoms with Gasteiger partial charge >= 0.3 is 0 Å². The molecule has 14 heavy (non-hydrogen) atoms. The zero-order chi connectivity index (χ0) is 10.1. The summed E-state index contributed by atoms with van der Waals surface area (Å²) in [5.41, 5.74) is 1.22. The lowest BCUT2D eigenvalue weighted by atomic mass is 10.2. The molecule has 1 radical (unpaired) electrons. The van der Waals surface area contributed by atoms with Gasteiger partial charge in [0.15, 0.2) is 0 Å². The van der Waals surface area contributed by atoms with E-state index in [1.54, 1.807) is 19.1 Å². The summed E-state index contributed by atoms with van der Waals surface area (Å²) in [5, 5.41) is 0. The zero-order valence-electron chi connectivity index (χ0n) is 7.75. The number of hydrogen-bond acceptors (Lipinski definition) is 2. The predicted octanol–water partition coefficient (Wildman–Crippen LogP) is 2.97. The third kappa shape index (κ3) is 1.53. The Balaban J connectivity index is 2.49. The van der Waals surface area contributed by atoms with Crippen LogP contribution in [0, 0.1) is 19.7 Å². The Bertz CT molecular complexity index is 443. The first-order valence-electron chi connectivity index (χ1n) is 4.22. The molecule has 0 atom stereocenters.